The SMILES string of the molecule is CCS(=O)(=O)N1CCC[C@@H](C(=O)NCc2ccccc2)C1. The van der Waals surface area contributed by atoms with Gasteiger partial charge in [-0.15, -0.1) is 0 Å². The standard InChI is InChI=1S/C15H22N2O3S/c1-2-21(19,20)17-10-6-9-14(12-17)15(18)16-11-13-7-4-3-5-8-13/h3-5,7-8,14H,2,6,9-12H2,1H3,(H,16,18)/t14-/m1/s1. The van der Waals surface area contributed by atoms with Crippen molar-refractivity contribution in [3.8, 4) is 0 Å². The molecule has 21 heavy (non-hydrogen) atoms. The number of nitrogens with zero attached hydrogens (tertiary/aromatic N) is 1. The summed E-state index contributed by atoms with van der Waals surface area (Å²) in [6.07, 6.45) is 1.49. The molecule has 1 aromatic rings. The Morgan fingerprint density at radius 2 is 2.05 bits per heavy atom. The van der Waals surface area contributed by atoms with E-state index in [1.54, 1.807) is 6.92 Å². The predicted molar refractivity (Wildman–Crippen MR) is 82.0 cm³/mol. The molecule has 1 amide bonds. The van der Waals surface area contributed by atoms with Crippen molar-refractivity contribution < 1.29 is 13.2 Å². The summed E-state index contributed by atoms with van der Waals surface area (Å²) in [5.41, 5.74) is 1.04. The maximum atomic E-state index is 12.2. The molecule has 1 aromatic carbocycles. The molecule has 116 valence electrons. The zero-order valence-corrected chi connectivity index (χ0v) is 13.1. The van der Waals surface area contributed by atoms with Crippen LogP contribution in [0, 0.1) is 5.92 Å². The molecule has 1 heterocycles. The van der Waals surface area contributed by atoms with Gasteiger partial charge in [0.1, 0.15) is 0 Å². The lowest BCUT2D eigenvalue weighted by atomic mass is 9.99. The first-order chi connectivity index (χ1) is 10.0. The van der Waals surface area contributed by atoms with Crippen molar-refractivity contribution in [1.29, 1.82) is 0 Å². The Labute approximate surface area is 126 Å². The van der Waals surface area contributed by atoms with Gasteiger partial charge in [-0.2, -0.15) is 0 Å². The van der Waals surface area contributed by atoms with E-state index in [1.165, 1.54) is 4.31 Å². The van der Waals surface area contributed by atoms with Crippen LogP contribution in [0.1, 0.15) is 25.3 Å². The van der Waals surface area contributed by atoms with Gasteiger partial charge in [-0.05, 0) is 25.3 Å². The van der Waals surface area contributed by atoms with E-state index in [0.29, 0.717) is 19.6 Å². The molecule has 0 saturated carbocycles. The smallest absolute Gasteiger partial charge is 0.224 e. The average Bonchev–Trinajstić information content (AvgIpc) is 2.53. The van der Waals surface area contributed by atoms with Crippen molar-refractivity contribution in [1.82, 2.24) is 9.62 Å². The summed E-state index contributed by atoms with van der Waals surface area (Å²) in [7, 11) is -3.20. The minimum atomic E-state index is -3.20. The summed E-state index contributed by atoms with van der Waals surface area (Å²) >= 11 is 0. The van der Waals surface area contributed by atoms with E-state index in [9.17, 15) is 13.2 Å². The van der Waals surface area contributed by atoms with Crippen LogP contribution in [0.2, 0.25) is 0 Å². The van der Waals surface area contributed by atoms with Gasteiger partial charge >= 0.3 is 0 Å². The van der Waals surface area contributed by atoms with E-state index in [4.69, 9.17) is 0 Å². The zero-order valence-electron chi connectivity index (χ0n) is 12.3. The molecule has 0 radical (unpaired) electrons. The van der Waals surface area contributed by atoms with Gasteiger partial charge in [0, 0.05) is 19.6 Å². The molecule has 2 rings (SSSR count). The molecular formula is C15H22N2O3S. The molecule has 0 aromatic heterocycles. The summed E-state index contributed by atoms with van der Waals surface area (Å²) in [6.45, 7) is 2.94. The van der Waals surface area contributed by atoms with Gasteiger partial charge < -0.3 is 5.32 Å². The van der Waals surface area contributed by atoms with E-state index < -0.39 is 10.0 Å². The van der Waals surface area contributed by atoms with Crippen LogP contribution in [0.4, 0.5) is 0 Å². The molecule has 1 saturated heterocycles. The second-order valence-electron chi connectivity index (χ2n) is 5.30. The number of hydrogen-bond donors (Lipinski definition) is 1. The van der Waals surface area contributed by atoms with Gasteiger partial charge in [0.25, 0.3) is 0 Å². The Hall–Kier alpha value is -1.40. The normalized spacial score (nSPS) is 20.1. The van der Waals surface area contributed by atoms with Crippen LogP contribution in [0.5, 0.6) is 0 Å². The molecule has 5 nitrogen and oxygen atoms in total. The number of carbonyl (C=O) groups is 1. The third-order valence-electron chi connectivity index (χ3n) is 3.82. The topological polar surface area (TPSA) is 66.5 Å². The predicted octanol–water partition coefficient (Wildman–Crippen LogP) is 1.36. The van der Waals surface area contributed by atoms with E-state index in [1.807, 2.05) is 30.3 Å². The summed E-state index contributed by atoms with van der Waals surface area (Å²) < 4.78 is 25.2. The number of sulfonamides is 1. The molecule has 1 fully saturated rings. The Balaban J connectivity index is 1.90. The van der Waals surface area contributed by atoms with Gasteiger partial charge in [-0.3, -0.25) is 4.79 Å². The number of piperidine rings is 1. The molecule has 0 aliphatic carbocycles. The second-order valence-corrected chi connectivity index (χ2v) is 7.56. The van der Waals surface area contributed by atoms with E-state index in [2.05, 4.69) is 5.32 Å². The molecule has 1 aliphatic heterocycles. The maximum absolute atomic E-state index is 12.2. The number of amides is 1. The van der Waals surface area contributed by atoms with Crippen molar-refractivity contribution in [3.05, 3.63) is 35.9 Å². The minimum Gasteiger partial charge on any atom is -0.352 e. The molecular weight excluding hydrogens is 288 g/mol. The monoisotopic (exact) mass is 310 g/mol. The molecule has 6 heteroatoms. The van der Waals surface area contributed by atoms with Crippen LogP contribution < -0.4 is 5.32 Å². The molecule has 0 spiro atoms. The highest BCUT2D eigenvalue weighted by Crippen LogP contribution is 2.19. The van der Waals surface area contributed by atoms with Crippen molar-refractivity contribution in [2.75, 3.05) is 18.8 Å². The van der Waals surface area contributed by atoms with Crippen LogP contribution in [-0.2, 0) is 21.4 Å². The number of benzene rings is 1. The van der Waals surface area contributed by atoms with Gasteiger partial charge in [-0.1, -0.05) is 30.3 Å². The lowest BCUT2D eigenvalue weighted by molar-refractivity contribution is -0.126. The Morgan fingerprint density at radius 1 is 1.33 bits per heavy atom. The molecule has 0 bridgehead atoms. The Bertz CT molecular complexity index is 572. The highest BCUT2D eigenvalue weighted by Gasteiger charge is 2.31. The van der Waals surface area contributed by atoms with Crippen LogP contribution in [0.15, 0.2) is 30.3 Å². The van der Waals surface area contributed by atoms with Gasteiger partial charge in [-0.25, -0.2) is 12.7 Å². The maximum Gasteiger partial charge on any atom is 0.224 e. The first-order valence-corrected chi connectivity index (χ1v) is 8.93. The van der Waals surface area contributed by atoms with E-state index in [0.717, 1.165) is 18.4 Å². The highest BCUT2D eigenvalue weighted by molar-refractivity contribution is 7.89. The first kappa shape index (κ1) is 16.0. The summed E-state index contributed by atoms with van der Waals surface area (Å²) in [5, 5.41) is 2.90. The molecule has 1 aliphatic rings. The molecule has 1 N–H and O–H groups in total. The fraction of sp³-hybridized carbons (Fsp3) is 0.533. The van der Waals surface area contributed by atoms with Crippen molar-refractivity contribution in [2.45, 2.75) is 26.3 Å². The molecule has 1 atom stereocenters. The van der Waals surface area contributed by atoms with Crippen molar-refractivity contribution in [2.24, 2.45) is 5.92 Å². The number of rotatable bonds is 5. The molecule has 0 unspecified atom stereocenters. The fourth-order valence-corrected chi connectivity index (χ4v) is 3.70. The fourth-order valence-electron chi connectivity index (χ4n) is 2.52. The summed E-state index contributed by atoms with van der Waals surface area (Å²) in [6, 6.07) is 9.69. The third-order valence-corrected chi connectivity index (χ3v) is 5.67. The first-order valence-electron chi connectivity index (χ1n) is 7.32. The lowest BCUT2D eigenvalue weighted by Crippen LogP contribution is -2.45. The van der Waals surface area contributed by atoms with Gasteiger partial charge in [0.15, 0.2) is 0 Å². The Morgan fingerprint density at radius 3 is 2.71 bits per heavy atom. The van der Waals surface area contributed by atoms with Crippen LogP contribution >= 0.6 is 0 Å². The third kappa shape index (κ3) is 4.28. The number of carbonyl (C=O) groups excluding carboxylic acids is 1. The summed E-state index contributed by atoms with van der Waals surface area (Å²) in [4.78, 5) is 12.2. The second kappa shape index (κ2) is 7.04. The minimum absolute atomic E-state index is 0.0603. The zero-order chi connectivity index (χ0) is 15.3. The Kier molecular flexibility index (Phi) is 5.36. The summed E-state index contributed by atoms with van der Waals surface area (Å²) in [5.74, 6) is -0.218. The van der Waals surface area contributed by atoms with Crippen LogP contribution in [0.3, 0.4) is 0 Å². The van der Waals surface area contributed by atoms with Crippen LogP contribution in [-0.4, -0.2) is 37.5 Å². The van der Waals surface area contributed by atoms with Gasteiger partial charge in [0.05, 0.1) is 11.7 Å². The van der Waals surface area contributed by atoms with Crippen molar-refractivity contribution >= 4 is 15.9 Å². The average molecular weight is 310 g/mol. The quantitative estimate of drug-likeness (QED) is 0.893. The highest BCUT2D eigenvalue weighted by atomic mass is 32.2. The van der Waals surface area contributed by atoms with E-state index in [-0.39, 0.29) is 17.6 Å². The van der Waals surface area contributed by atoms with Crippen LogP contribution in [0.25, 0.3) is 0 Å². The number of nitrogens with one attached hydrogen (secondary N) is 1. The van der Waals surface area contributed by atoms with Crippen molar-refractivity contribution in [3.63, 3.8) is 0 Å². The van der Waals surface area contributed by atoms with Gasteiger partial charge in [0.2, 0.25) is 15.9 Å². The lowest BCUT2D eigenvalue weighted by Gasteiger charge is -2.30. The largest absolute Gasteiger partial charge is 0.352 e. The number of hydrogen-bond acceptors (Lipinski definition) is 3. The van der Waals surface area contributed by atoms with E-state index >= 15 is 0 Å².